The van der Waals surface area contributed by atoms with Crippen molar-refractivity contribution in [3.63, 3.8) is 0 Å². The Morgan fingerprint density at radius 2 is 1.75 bits per heavy atom. The van der Waals surface area contributed by atoms with Gasteiger partial charge in [0.2, 0.25) is 0 Å². The summed E-state index contributed by atoms with van der Waals surface area (Å²) in [5, 5.41) is 7.20. The molecule has 0 aromatic heterocycles. The van der Waals surface area contributed by atoms with E-state index in [1.807, 2.05) is 0 Å². The Morgan fingerprint density at radius 1 is 1.04 bits per heavy atom. The van der Waals surface area contributed by atoms with E-state index in [0.717, 1.165) is 18.3 Å². The minimum atomic E-state index is -2.81. The second kappa shape index (κ2) is 9.05. The molecule has 1 heterocycles. The van der Waals surface area contributed by atoms with Crippen molar-refractivity contribution in [2.75, 3.05) is 18.1 Å². The number of halogens is 1. The summed E-state index contributed by atoms with van der Waals surface area (Å²) in [7, 11) is -2.81. The zero-order chi connectivity index (χ0) is 16.3. The lowest BCUT2D eigenvalue weighted by Crippen LogP contribution is -2.46. The molecule has 0 aromatic carbocycles. The summed E-state index contributed by atoms with van der Waals surface area (Å²) < 4.78 is 23.2. The van der Waals surface area contributed by atoms with E-state index in [1.165, 1.54) is 44.9 Å². The van der Waals surface area contributed by atoms with E-state index in [-0.39, 0.29) is 29.9 Å². The van der Waals surface area contributed by atoms with Gasteiger partial charge in [-0.05, 0) is 50.4 Å². The summed E-state index contributed by atoms with van der Waals surface area (Å²) in [5.41, 5.74) is 0. The minimum absolute atomic E-state index is 0. The van der Waals surface area contributed by atoms with Crippen LogP contribution in [0, 0.1) is 11.8 Å². The van der Waals surface area contributed by atoms with Crippen LogP contribution in [0.4, 0.5) is 0 Å². The zero-order valence-corrected chi connectivity index (χ0v) is 17.8. The van der Waals surface area contributed by atoms with Crippen molar-refractivity contribution in [2.24, 2.45) is 16.8 Å². The highest BCUT2D eigenvalue weighted by atomic mass is 127. The van der Waals surface area contributed by atoms with Gasteiger partial charge in [-0.1, -0.05) is 19.8 Å². The van der Waals surface area contributed by atoms with Gasteiger partial charge in [-0.3, -0.25) is 4.99 Å². The van der Waals surface area contributed by atoms with Crippen molar-refractivity contribution in [1.82, 2.24) is 10.6 Å². The highest BCUT2D eigenvalue weighted by Crippen LogP contribution is 2.25. The first-order chi connectivity index (χ1) is 11.0. The lowest BCUT2D eigenvalue weighted by Gasteiger charge is -2.21. The average molecular weight is 469 g/mol. The van der Waals surface area contributed by atoms with Crippen LogP contribution in [-0.2, 0) is 9.84 Å². The Bertz CT molecular complexity index is 532. The first kappa shape index (κ1) is 20.3. The lowest BCUT2D eigenvalue weighted by molar-refractivity contribution is 0.541. The molecule has 0 amide bonds. The smallest absolute Gasteiger partial charge is 0.191 e. The third-order valence-electron chi connectivity index (χ3n) is 5.57. The minimum Gasteiger partial charge on any atom is -0.354 e. The van der Waals surface area contributed by atoms with Gasteiger partial charge in [0.15, 0.2) is 15.8 Å². The normalized spacial score (nSPS) is 33.4. The standard InChI is InChI=1S/C17H31N3O2S.HI/c1-13-6-7-16(10-13)20-17(19-15-4-2-3-5-15)18-11-14-8-9-23(21,22)12-14;/h13-16H,2-12H2,1H3,(H2,18,19,20);1H. The highest BCUT2D eigenvalue weighted by Gasteiger charge is 2.28. The summed E-state index contributed by atoms with van der Waals surface area (Å²) in [6.45, 7) is 2.94. The molecule has 140 valence electrons. The SMILES string of the molecule is CC1CCC(NC(=NCC2CCS(=O)(=O)C2)NC2CCCC2)C1.I. The van der Waals surface area contributed by atoms with E-state index in [1.54, 1.807) is 0 Å². The van der Waals surface area contributed by atoms with Crippen molar-refractivity contribution in [2.45, 2.75) is 70.4 Å². The van der Waals surface area contributed by atoms with Crippen molar-refractivity contribution in [3.8, 4) is 0 Å². The summed E-state index contributed by atoms with van der Waals surface area (Å²) in [5.74, 6) is 2.56. The molecule has 0 spiro atoms. The van der Waals surface area contributed by atoms with E-state index >= 15 is 0 Å². The van der Waals surface area contributed by atoms with E-state index in [0.29, 0.717) is 30.1 Å². The van der Waals surface area contributed by atoms with Gasteiger partial charge in [-0.2, -0.15) is 0 Å². The predicted octanol–water partition coefficient (Wildman–Crippen LogP) is 2.71. The van der Waals surface area contributed by atoms with Crippen molar-refractivity contribution in [1.29, 1.82) is 0 Å². The summed E-state index contributed by atoms with van der Waals surface area (Å²) in [4.78, 5) is 4.75. The quantitative estimate of drug-likeness (QED) is 0.378. The number of nitrogens with one attached hydrogen (secondary N) is 2. The number of hydrogen-bond acceptors (Lipinski definition) is 3. The molecule has 3 aliphatic rings. The molecule has 7 heteroatoms. The Morgan fingerprint density at radius 3 is 2.33 bits per heavy atom. The molecule has 1 aliphatic heterocycles. The van der Waals surface area contributed by atoms with Gasteiger partial charge >= 0.3 is 0 Å². The average Bonchev–Trinajstić information content (AvgIpc) is 3.19. The maximum atomic E-state index is 11.6. The Hall–Kier alpha value is -0.0500. The van der Waals surface area contributed by atoms with Crippen LogP contribution in [0.25, 0.3) is 0 Å². The molecule has 3 fully saturated rings. The van der Waals surface area contributed by atoms with E-state index < -0.39 is 9.84 Å². The van der Waals surface area contributed by atoms with Crippen LogP contribution in [0.15, 0.2) is 4.99 Å². The number of aliphatic imine (C=N–C) groups is 1. The molecule has 3 rings (SSSR count). The van der Waals surface area contributed by atoms with Crippen molar-refractivity contribution < 1.29 is 8.42 Å². The fourth-order valence-electron chi connectivity index (χ4n) is 4.16. The Kier molecular flexibility index (Phi) is 7.64. The van der Waals surface area contributed by atoms with Gasteiger partial charge in [0.25, 0.3) is 0 Å². The predicted molar refractivity (Wildman–Crippen MR) is 110 cm³/mol. The second-order valence-corrected chi connectivity index (χ2v) is 10.1. The van der Waals surface area contributed by atoms with Crippen molar-refractivity contribution in [3.05, 3.63) is 0 Å². The molecule has 2 saturated carbocycles. The largest absolute Gasteiger partial charge is 0.354 e. The van der Waals surface area contributed by atoms with Crippen LogP contribution in [0.2, 0.25) is 0 Å². The Balaban J connectivity index is 0.00000208. The van der Waals surface area contributed by atoms with Crippen LogP contribution in [-0.4, -0.2) is 44.5 Å². The Labute approximate surface area is 163 Å². The monoisotopic (exact) mass is 469 g/mol. The second-order valence-electron chi connectivity index (χ2n) is 7.84. The number of rotatable bonds is 4. The molecule has 0 aromatic rings. The van der Waals surface area contributed by atoms with Gasteiger partial charge in [0.1, 0.15) is 0 Å². The number of nitrogens with zero attached hydrogens (tertiary/aromatic N) is 1. The van der Waals surface area contributed by atoms with Crippen LogP contribution in [0.5, 0.6) is 0 Å². The molecule has 1 saturated heterocycles. The fourth-order valence-corrected chi connectivity index (χ4v) is 6.01. The topological polar surface area (TPSA) is 70.6 Å². The number of hydrogen-bond donors (Lipinski definition) is 2. The third-order valence-corrected chi connectivity index (χ3v) is 7.40. The van der Waals surface area contributed by atoms with Gasteiger partial charge in [-0.15, -0.1) is 24.0 Å². The van der Waals surface area contributed by atoms with Gasteiger partial charge in [-0.25, -0.2) is 8.42 Å². The molecule has 2 aliphatic carbocycles. The van der Waals surface area contributed by atoms with Crippen LogP contribution in [0.1, 0.15) is 58.3 Å². The fraction of sp³-hybridized carbons (Fsp3) is 0.941. The highest BCUT2D eigenvalue weighted by molar-refractivity contribution is 14.0. The molecular weight excluding hydrogens is 437 g/mol. The van der Waals surface area contributed by atoms with Crippen molar-refractivity contribution >= 4 is 39.8 Å². The molecule has 0 radical (unpaired) electrons. The number of sulfone groups is 1. The van der Waals surface area contributed by atoms with E-state index in [2.05, 4.69) is 17.6 Å². The summed E-state index contributed by atoms with van der Waals surface area (Å²) in [6, 6.07) is 1.05. The third kappa shape index (κ3) is 6.04. The maximum absolute atomic E-state index is 11.6. The van der Waals surface area contributed by atoms with Gasteiger partial charge in [0.05, 0.1) is 11.5 Å². The van der Waals surface area contributed by atoms with Crippen LogP contribution in [0.3, 0.4) is 0 Å². The van der Waals surface area contributed by atoms with E-state index in [4.69, 9.17) is 4.99 Å². The van der Waals surface area contributed by atoms with Crippen LogP contribution >= 0.6 is 24.0 Å². The molecule has 5 nitrogen and oxygen atoms in total. The first-order valence-electron chi connectivity index (χ1n) is 9.28. The summed E-state index contributed by atoms with van der Waals surface area (Å²) in [6.07, 6.45) is 9.52. The summed E-state index contributed by atoms with van der Waals surface area (Å²) >= 11 is 0. The molecule has 3 atom stereocenters. The van der Waals surface area contributed by atoms with Crippen LogP contribution < -0.4 is 10.6 Å². The van der Waals surface area contributed by atoms with Gasteiger partial charge in [0, 0.05) is 18.6 Å². The first-order valence-corrected chi connectivity index (χ1v) is 11.1. The zero-order valence-electron chi connectivity index (χ0n) is 14.7. The molecule has 3 unspecified atom stereocenters. The molecular formula is C17H32IN3O2S. The molecule has 24 heavy (non-hydrogen) atoms. The molecule has 0 bridgehead atoms. The lowest BCUT2D eigenvalue weighted by atomic mass is 10.1. The van der Waals surface area contributed by atoms with E-state index in [9.17, 15) is 8.42 Å². The van der Waals surface area contributed by atoms with Gasteiger partial charge < -0.3 is 10.6 Å². The molecule has 2 N–H and O–H groups in total. The maximum Gasteiger partial charge on any atom is 0.191 e. The number of guanidine groups is 1.